The van der Waals surface area contributed by atoms with Gasteiger partial charge in [-0.25, -0.2) is 12.8 Å². The first kappa shape index (κ1) is 15.1. The number of hydrogen-bond donors (Lipinski definition) is 2. The van der Waals surface area contributed by atoms with Gasteiger partial charge < -0.3 is 10.5 Å². The second-order valence-corrected chi connectivity index (χ2v) is 6.91. The second-order valence-electron chi connectivity index (χ2n) is 4.51. The van der Waals surface area contributed by atoms with Crippen molar-refractivity contribution in [3.05, 3.63) is 29.6 Å². The van der Waals surface area contributed by atoms with Crippen LogP contribution in [-0.2, 0) is 14.8 Å². The Morgan fingerprint density at radius 3 is 2.65 bits per heavy atom. The first-order valence-corrected chi connectivity index (χ1v) is 8.04. The van der Waals surface area contributed by atoms with Crippen molar-refractivity contribution in [1.82, 2.24) is 0 Å². The minimum Gasteiger partial charge on any atom is -0.389 e. The van der Waals surface area contributed by atoms with E-state index in [0.29, 0.717) is 26.1 Å². The molecule has 0 bridgehead atoms. The van der Waals surface area contributed by atoms with Crippen LogP contribution in [0.25, 0.3) is 0 Å². The van der Waals surface area contributed by atoms with E-state index in [2.05, 4.69) is 4.72 Å². The predicted molar refractivity (Wildman–Crippen MR) is 78.7 cm³/mol. The molecule has 0 unspecified atom stereocenters. The molecule has 0 radical (unpaired) electrons. The van der Waals surface area contributed by atoms with Gasteiger partial charge in [0.05, 0.1) is 10.9 Å². The van der Waals surface area contributed by atoms with Gasteiger partial charge in [0, 0.05) is 18.8 Å². The Labute approximate surface area is 122 Å². The molecule has 0 saturated carbocycles. The standard InChI is InChI=1S/C12H15FN2O3S2/c13-8-1-2-11(10(7-8)12(14)19)15-20(16,17)9-3-5-18-6-4-9/h1-2,7,9,15H,3-6H2,(H2,14,19). The highest BCUT2D eigenvalue weighted by molar-refractivity contribution is 7.93. The van der Waals surface area contributed by atoms with E-state index >= 15 is 0 Å². The summed E-state index contributed by atoms with van der Waals surface area (Å²) in [7, 11) is -3.57. The van der Waals surface area contributed by atoms with Crippen molar-refractivity contribution in [3.63, 3.8) is 0 Å². The molecule has 5 nitrogen and oxygen atoms in total. The molecule has 20 heavy (non-hydrogen) atoms. The normalized spacial score (nSPS) is 16.9. The average molecular weight is 318 g/mol. The van der Waals surface area contributed by atoms with Gasteiger partial charge in [-0.1, -0.05) is 12.2 Å². The van der Waals surface area contributed by atoms with Crippen LogP contribution >= 0.6 is 12.2 Å². The van der Waals surface area contributed by atoms with E-state index in [1.165, 1.54) is 6.07 Å². The topological polar surface area (TPSA) is 81.4 Å². The molecule has 1 aromatic rings. The molecule has 0 spiro atoms. The molecule has 0 amide bonds. The molecule has 1 saturated heterocycles. The fourth-order valence-electron chi connectivity index (χ4n) is 2.03. The van der Waals surface area contributed by atoms with E-state index < -0.39 is 21.1 Å². The molecule has 1 aliphatic rings. The Balaban J connectivity index is 2.27. The van der Waals surface area contributed by atoms with Gasteiger partial charge in [0.15, 0.2) is 0 Å². The molecule has 0 aromatic heterocycles. The van der Waals surface area contributed by atoms with Gasteiger partial charge in [-0.2, -0.15) is 0 Å². The zero-order valence-electron chi connectivity index (χ0n) is 10.6. The maximum atomic E-state index is 13.2. The Hall–Kier alpha value is -1.25. The Morgan fingerprint density at radius 1 is 1.40 bits per heavy atom. The van der Waals surface area contributed by atoms with Crippen LogP contribution in [0.3, 0.4) is 0 Å². The molecular formula is C12H15FN2O3S2. The van der Waals surface area contributed by atoms with E-state index in [0.717, 1.165) is 12.1 Å². The van der Waals surface area contributed by atoms with Crippen LogP contribution in [0, 0.1) is 5.82 Å². The summed E-state index contributed by atoms with van der Waals surface area (Å²) < 4.78 is 45.3. The summed E-state index contributed by atoms with van der Waals surface area (Å²) in [6, 6.07) is 3.59. The highest BCUT2D eigenvalue weighted by Crippen LogP contribution is 2.23. The number of anilines is 1. The molecule has 0 aliphatic carbocycles. The van der Waals surface area contributed by atoms with Crippen molar-refractivity contribution in [2.45, 2.75) is 18.1 Å². The lowest BCUT2D eigenvalue weighted by Crippen LogP contribution is -2.33. The molecule has 1 aliphatic heterocycles. The van der Waals surface area contributed by atoms with Crippen LogP contribution in [0.2, 0.25) is 0 Å². The number of halogens is 1. The fourth-order valence-corrected chi connectivity index (χ4v) is 3.67. The number of ether oxygens (including phenoxy) is 1. The van der Waals surface area contributed by atoms with Crippen molar-refractivity contribution >= 4 is 32.9 Å². The number of sulfonamides is 1. The van der Waals surface area contributed by atoms with E-state index in [-0.39, 0.29) is 16.2 Å². The highest BCUT2D eigenvalue weighted by atomic mass is 32.2. The third-order valence-electron chi connectivity index (χ3n) is 3.11. The summed E-state index contributed by atoms with van der Waals surface area (Å²) in [4.78, 5) is -0.0609. The summed E-state index contributed by atoms with van der Waals surface area (Å²) in [6.45, 7) is 0.828. The first-order valence-electron chi connectivity index (χ1n) is 6.09. The molecule has 0 atom stereocenters. The van der Waals surface area contributed by atoms with Crippen LogP contribution in [0.15, 0.2) is 18.2 Å². The van der Waals surface area contributed by atoms with Crippen molar-refractivity contribution < 1.29 is 17.5 Å². The average Bonchev–Trinajstić information content (AvgIpc) is 2.41. The van der Waals surface area contributed by atoms with Gasteiger partial charge >= 0.3 is 0 Å². The molecule has 1 fully saturated rings. The van der Waals surface area contributed by atoms with Crippen LogP contribution in [-0.4, -0.2) is 31.9 Å². The van der Waals surface area contributed by atoms with E-state index in [9.17, 15) is 12.8 Å². The number of nitrogens with two attached hydrogens (primary N) is 1. The minimum atomic E-state index is -3.57. The van der Waals surface area contributed by atoms with Crippen LogP contribution in [0.1, 0.15) is 18.4 Å². The molecule has 110 valence electrons. The van der Waals surface area contributed by atoms with Gasteiger partial charge in [0.2, 0.25) is 10.0 Å². The second kappa shape index (κ2) is 6.02. The Bertz CT molecular complexity index is 613. The maximum Gasteiger partial charge on any atom is 0.235 e. The summed E-state index contributed by atoms with van der Waals surface area (Å²) in [5, 5.41) is -0.527. The fraction of sp³-hybridized carbons (Fsp3) is 0.417. The van der Waals surface area contributed by atoms with Crippen molar-refractivity contribution in [3.8, 4) is 0 Å². The number of hydrogen-bond acceptors (Lipinski definition) is 4. The van der Waals surface area contributed by atoms with Gasteiger partial charge in [-0.15, -0.1) is 0 Å². The quantitative estimate of drug-likeness (QED) is 0.820. The van der Waals surface area contributed by atoms with Crippen LogP contribution < -0.4 is 10.5 Å². The predicted octanol–water partition coefficient (Wildman–Crippen LogP) is 1.38. The minimum absolute atomic E-state index is 0.0609. The number of thiocarbonyl (C=S) groups is 1. The molecule has 2 rings (SSSR count). The van der Waals surface area contributed by atoms with E-state index in [1.54, 1.807) is 0 Å². The molecular weight excluding hydrogens is 303 g/mol. The zero-order chi connectivity index (χ0) is 14.8. The largest absolute Gasteiger partial charge is 0.389 e. The van der Waals surface area contributed by atoms with Crippen LogP contribution in [0.5, 0.6) is 0 Å². The lowest BCUT2D eigenvalue weighted by Gasteiger charge is -2.23. The van der Waals surface area contributed by atoms with Gasteiger partial charge in [-0.05, 0) is 31.0 Å². The third kappa shape index (κ3) is 3.44. The molecule has 8 heteroatoms. The number of rotatable bonds is 4. The maximum absolute atomic E-state index is 13.2. The number of benzene rings is 1. The Morgan fingerprint density at radius 2 is 2.05 bits per heavy atom. The van der Waals surface area contributed by atoms with E-state index in [1.807, 2.05) is 0 Å². The van der Waals surface area contributed by atoms with E-state index in [4.69, 9.17) is 22.7 Å². The monoisotopic (exact) mass is 318 g/mol. The summed E-state index contributed by atoms with van der Waals surface area (Å²) >= 11 is 4.81. The molecule has 1 aromatic carbocycles. The lowest BCUT2D eigenvalue weighted by atomic mass is 10.2. The van der Waals surface area contributed by atoms with Gasteiger partial charge in [0.25, 0.3) is 0 Å². The zero-order valence-corrected chi connectivity index (χ0v) is 12.3. The summed E-state index contributed by atoms with van der Waals surface area (Å²) in [6.07, 6.45) is 0.859. The van der Waals surface area contributed by atoms with Gasteiger partial charge in [-0.3, -0.25) is 4.72 Å². The van der Waals surface area contributed by atoms with Crippen LogP contribution in [0.4, 0.5) is 10.1 Å². The SMILES string of the molecule is NC(=S)c1cc(F)ccc1NS(=O)(=O)C1CCOCC1. The first-order chi connectivity index (χ1) is 9.40. The lowest BCUT2D eigenvalue weighted by molar-refractivity contribution is 0.0984. The highest BCUT2D eigenvalue weighted by Gasteiger charge is 2.28. The summed E-state index contributed by atoms with van der Waals surface area (Å²) in [5.74, 6) is -0.526. The van der Waals surface area contributed by atoms with Crippen molar-refractivity contribution in [2.24, 2.45) is 5.73 Å². The molecule has 1 heterocycles. The van der Waals surface area contributed by atoms with Gasteiger partial charge in [0.1, 0.15) is 10.8 Å². The Kier molecular flexibility index (Phi) is 4.56. The summed E-state index contributed by atoms with van der Waals surface area (Å²) in [5.41, 5.74) is 5.87. The third-order valence-corrected chi connectivity index (χ3v) is 5.18. The molecule has 3 N–H and O–H groups in total. The number of nitrogens with one attached hydrogen (secondary N) is 1. The smallest absolute Gasteiger partial charge is 0.235 e. The van der Waals surface area contributed by atoms with Crippen molar-refractivity contribution in [1.29, 1.82) is 0 Å². The van der Waals surface area contributed by atoms with Crippen molar-refractivity contribution in [2.75, 3.05) is 17.9 Å².